The monoisotopic (exact) mass is 219 g/mol. The van der Waals surface area contributed by atoms with E-state index in [-0.39, 0.29) is 11.6 Å². The van der Waals surface area contributed by atoms with E-state index in [9.17, 15) is 5.11 Å². The van der Waals surface area contributed by atoms with Gasteiger partial charge in [-0.2, -0.15) is 0 Å². The van der Waals surface area contributed by atoms with Gasteiger partial charge in [0.1, 0.15) is 0 Å². The fourth-order valence-corrected chi connectivity index (χ4v) is 2.41. The highest BCUT2D eigenvalue weighted by Crippen LogP contribution is 2.29. The first-order chi connectivity index (χ1) is 7.60. The van der Waals surface area contributed by atoms with Gasteiger partial charge in [0.25, 0.3) is 0 Å². The fourth-order valence-electron chi connectivity index (χ4n) is 2.41. The Labute approximate surface area is 97.9 Å². The smallest absolute Gasteiger partial charge is 0.0719 e. The van der Waals surface area contributed by atoms with Crippen LogP contribution in [0.3, 0.4) is 0 Å². The standard InChI is InChI=1S/C14H21NO/c1-14(2)13(16)9-6-10-15(14)11-12-7-4-3-5-8-12/h3-5,7-8,13,16H,6,9-11H2,1-2H3. The van der Waals surface area contributed by atoms with Crippen LogP contribution in [-0.2, 0) is 6.54 Å². The van der Waals surface area contributed by atoms with E-state index in [4.69, 9.17) is 0 Å². The van der Waals surface area contributed by atoms with Gasteiger partial charge in [0.05, 0.1) is 6.10 Å². The molecule has 1 unspecified atom stereocenters. The van der Waals surface area contributed by atoms with Crippen LogP contribution in [0.5, 0.6) is 0 Å². The maximum Gasteiger partial charge on any atom is 0.0719 e. The molecule has 88 valence electrons. The Hall–Kier alpha value is -0.860. The van der Waals surface area contributed by atoms with Crippen LogP contribution < -0.4 is 0 Å². The van der Waals surface area contributed by atoms with E-state index in [1.54, 1.807) is 0 Å². The molecule has 0 amide bonds. The van der Waals surface area contributed by atoms with Gasteiger partial charge in [-0.25, -0.2) is 0 Å². The zero-order chi connectivity index (χ0) is 11.6. The third-order valence-electron chi connectivity index (χ3n) is 3.75. The number of hydrogen-bond acceptors (Lipinski definition) is 2. The molecule has 1 saturated heterocycles. The lowest BCUT2D eigenvalue weighted by Crippen LogP contribution is -2.55. The van der Waals surface area contributed by atoms with Gasteiger partial charge in [-0.05, 0) is 38.8 Å². The molecule has 0 aliphatic carbocycles. The molecule has 0 radical (unpaired) electrons. The lowest BCUT2D eigenvalue weighted by Gasteiger charge is -2.46. The molecule has 2 nitrogen and oxygen atoms in total. The Morgan fingerprint density at radius 2 is 2.00 bits per heavy atom. The minimum Gasteiger partial charge on any atom is -0.391 e. The van der Waals surface area contributed by atoms with Crippen LogP contribution >= 0.6 is 0 Å². The molecule has 1 fully saturated rings. The van der Waals surface area contributed by atoms with Gasteiger partial charge < -0.3 is 5.11 Å². The van der Waals surface area contributed by atoms with E-state index in [0.717, 1.165) is 25.9 Å². The van der Waals surface area contributed by atoms with E-state index in [0.29, 0.717) is 0 Å². The van der Waals surface area contributed by atoms with Crippen molar-refractivity contribution < 1.29 is 5.11 Å². The maximum atomic E-state index is 10.0. The zero-order valence-corrected chi connectivity index (χ0v) is 10.2. The lowest BCUT2D eigenvalue weighted by molar-refractivity contribution is -0.0480. The Balaban J connectivity index is 2.09. The van der Waals surface area contributed by atoms with Crippen molar-refractivity contribution >= 4 is 0 Å². The van der Waals surface area contributed by atoms with Gasteiger partial charge in [-0.15, -0.1) is 0 Å². The number of rotatable bonds is 2. The second kappa shape index (κ2) is 4.56. The molecule has 0 aromatic heterocycles. The van der Waals surface area contributed by atoms with Crippen molar-refractivity contribution in [1.29, 1.82) is 0 Å². The van der Waals surface area contributed by atoms with E-state index in [1.807, 2.05) is 6.07 Å². The van der Waals surface area contributed by atoms with Crippen molar-refractivity contribution in [2.45, 2.75) is 44.9 Å². The molecule has 2 rings (SSSR count). The zero-order valence-electron chi connectivity index (χ0n) is 10.2. The normalized spacial score (nSPS) is 25.6. The molecule has 16 heavy (non-hydrogen) atoms. The second-order valence-electron chi connectivity index (χ2n) is 5.22. The summed E-state index contributed by atoms with van der Waals surface area (Å²) in [5, 5.41) is 10.0. The fraction of sp³-hybridized carbons (Fsp3) is 0.571. The maximum absolute atomic E-state index is 10.0. The Bertz CT molecular complexity index is 334. The van der Waals surface area contributed by atoms with E-state index < -0.39 is 0 Å². The van der Waals surface area contributed by atoms with Crippen LogP contribution in [0.2, 0.25) is 0 Å². The van der Waals surface area contributed by atoms with Crippen LogP contribution in [0.25, 0.3) is 0 Å². The number of benzene rings is 1. The highest BCUT2D eigenvalue weighted by atomic mass is 16.3. The van der Waals surface area contributed by atoms with Crippen molar-refractivity contribution in [3.63, 3.8) is 0 Å². The average molecular weight is 219 g/mol. The van der Waals surface area contributed by atoms with Gasteiger partial charge in [0.2, 0.25) is 0 Å². The second-order valence-corrected chi connectivity index (χ2v) is 5.22. The summed E-state index contributed by atoms with van der Waals surface area (Å²) in [7, 11) is 0. The van der Waals surface area contributed by atoms with Crippen LogP contribution in [0, 0.1) is 0 Å². The summed E-state index contributed by atoms with van der Waals surface area (Å²) in [6.07, 6.45) is 1.82. The summed E-state index contributed by atoms with van der Waals surface area (Å²) in [6, 6.07) is 10.5. The number of hydrogen-bond donors (Lipinski definition) is 1. The van der Waals surface area contributed by atoms with Gasteiger partial charge in [-0.3, -0.25) is 4.90 Å². The van der Waals surface area contributed by atoms with E-state index in [2.05, 4.69) is 43.0 Å². The van der Waals surface area contributed by atoms with Crippen molar-refractivity contribution in [2.75, 3.05) is 6.54 Å². The van der Waals surface area contributed by atoms with Gasteiger partial charge in [-0.1, -0.05) is 30.3 Å². The molecule has 2 heteroatoms. The topological polar surface area (TPSA) is 23.5 Å². The number of nitrogens with zero attached hydrogens (tertiary/aromatic N) is 1. The average Bonchev–Trinajstić information content (AvgIpc) is 2.27. The number of aliphatic hydroxyl groups excluding tert-OH is 1. The molecule has 0 saturated carbocycles. The molecule has 0 spiro atoms. The van der Waals surface area contributed by atoms with E-state index in [1.165, 1.54) is 5.56 Å². The Kier molecular flexibility index (Phi) is 3.31. The summed E-state index contributed by atoms with van der Waals surface area (Å²) < 4.78 is 0. The summed E-state index contributed by atoms with van der Waals surface area (Å²) >= 11 is 0. The summed E-state index contributed by atoms with van der Waals surface area (Å²) in [4.78, 5) is 2.39. The SMILES string of the molecule is CC1(C)C(O)CCCN1Cc1ccccc1. The largest absolute Gasteiger partial charge is 0.391 e. The first-order valence-electron chi connectivity index (χ1n) is 6.08. The van der Waals surface area contributed by atoms with E-state index >= 15 is 0 Å². The summed E-state index contributed by atoms with van der Waals surface area (Å²) in [6.45, 7) is 6.30. The summed E-state index contributed by atoms with van der Waals surface area (Å²) in [5.41, 5.74) is 1.22. The third-order valence-corrected chi connectivity index (χ3v) is 3.75. The number of aliphatic hydroxyl groups is 1. The number of piperidine rings is 1. The molecule has 1 heterocycles. The third kappa shape index (κ3) is 2.28. The van der Waals surface area contributed by atoms with Gasteiger partial charge in [0, 0.05) is 12.1 Å². The molecule has 1 aromatic carbocycles. The predicted molar refractivity (Wildman–Crippen MR) is 66.2 cm³/mol. The highest BCUT2D eigenvalue weighted by molar-refractivity contribution is 5.15. The Morgan fingerprint density at radius 1 is 1.31 bits per heavy atom. The van der Waals surface area contributed by atoms with Crippen LogP contribution in [0.4, 0.5) is 0 Å². The minimum atomic E-state index is -0.204. The van der Waals surface area contributed by atoms with Gasteiger partial charge >= 0.3 is 0 Å². The molecule has 1 aromatic rings. The van der Waals surface area contributed by atoms with Crippen LogP contribution in [0.1, 0.15) is 32.3 Å². The minimum absolute atomic E-state index is 0.103. The molecule has 0 bridgehead atoms. The predicted octanol–water partition coefficient (Wildman–Crippen LogP) is 2.42. The van der Waals surface area contributed by atoms with Crippen LogP contribution in [0.15, 0.2) is 30.3 Å². The summed E-state index contributed by atoms with van der Waals surface area (Å²) in [5.74, 6) is 0. The quantitative estimate of drug-likeness (QED) is 0.825. The molecule has 1 aliphatic heterocycles. The lowest BCUT2D eigenvalue weighted by atomic mass is 9.87. The van der Waals surface area contributed by atoms with Crippen molar-refractivity contribution in [3.05, 3.63) is 35.9 Å². The molecule has 1 aliphatic rings. The molecular formula is C14H21NO. The highest BCUT2D eigenvalue weighted by Gasteiger charge is 2.37. The Morgan fingerprint density at radius 3 is 2.69 bits per heavy atom. The first-order valence-corrected chi connectivity index (χ1v) is 6.08. The van der Waals surface area contributed by atoms with Crippen molar-refractivity contribution in [1.82, 2.24) is 4.90 Å². The molecule has 1 atom stereocenters. The molecular weight excluding hydrogens is 198 g/mol. The van der Waals surface area contributed by atoms with Crippen molar-refractivity contribution in [2.24, 2.45) is 0 Å². The van der Waals surface area contributed by atoms with Crippen LogP contribution in [-0.4, -0.2) is 28.2 Å². The van der Waals surface area contributed by atoms with Gasteiger partial charge in [0.15, 0.2) is 0 Å². The first kappa shape index (κ1) is 11.6. The molecule has 1 N–H and O–H groups in total. The van der Waals surface area contributed by atoms with Crippen molar-refractivity contribution in [3.8, 4) is 0 Å². The number of likely N-dealkylation sites (tertiary alicyclic amines) is 1.